The minimum absolute atomic E-state index is 0.502. The number of rotatable bonds is 3. The molecule has 0 rings (SSSR count). The van der Waals surface area contributed by atoms with Gasteiger partial charge in [-0.3, -0.25) is 4.99 Å². The SMILES string of the molecule is C\C=C/C=C(\N=C/C)C(C)C. The van der Waals surface area contributed by atoms with Gasteiger partial charge >= 0.3 is 0 Å². The molecular weight excluding hydrogens is 134 g/mol. The second kappa shape index (κ2) is 5.90. The van der Waals surface area contributed by atoms with E-state index < -0.39 is 0 Å². The highest BCUT2D eigenvalue weighted by Crippen LogP contribution is 2.10. The van der Waals surface area contributed by atoms with Crippen LogP contribution in [-0.2, 0) is 0 Å². The summed E-state index contributed by atoms with van der Waals surface area (Å²) in [6, 6.07) is 0. The first-order chi connectivity index (χ1) is 5.22. The number of nitrogens with zero attached hydrogens (tertiary/aromatic N) is 1. The van der Waals surface area contributed by atoms with Crippen LogP contribution in [0.1, 0.15) is 27.7 Å². The van der Waals surface area contributed by atoms with Crippen LogP contribution in [-0.4, -0.2) is 6.21 Å². The van der Waals surface area contributed by atoms with Crippen molar-refractivity contribution in [1.82, 2.24) is 0 Å². The Bertz CT molecular complexity index is 173. The van der Waals surface area contributed by atoms with Gasteiger partial charge in [-0.25, -0.2) is 0 Å². The quantitative estimate of drug-likeness (QED) is 0.434. The third-order valence-corrected chi connectivity index (χ3v) is 1.33. The van der Waals surface area contributed by atoms with E-state index in [2.05, 4.69) is 18.8 Å². The Morgan fingerprint density at radius 2 is 1.91 bits per heavy atom. The Morgan fingerprint density at radius 3 is 2.27 bits per heavy atom. The van der Waals surface area contributed by atoms with Crippen LogP contribution < -0.4 is 0 Å². The average Bonchev–Trinajstić information content (AvgIpc) is 1.97. The minimum atomic E-state index is 0.502. The summed E-state index contributed by atoms with van der Waals surface area (Å²) in [6.07, 6.45) is 7.90. The van der Waals surface area contributed by atoms with Gasteiger partial charge in [-0.15, -0.1) is 0 Å². The van der Waals surface area contributed by atoms with E-state index in [1.165, 1.54) is 0 Å². The second-order valence-electron chi connectivity index (χ2n) is 2.66. The molecule has 1 nitrogen and oxygen atoms in total. The van der Waals surface area contributed by atoms with Crippen LogP contribution in [0.4, 0.5) is 0 Å². The molecule has 0 unspecified atom stereocenters. The van der Waals surface area contributed by atoms with Crippen molar-refractivity contribution in [3.05, 3.63) is 23.9 Å². The molecule has 0 aliphatic carbocycles. The van der Waals surface area contributed by atoms with Crippen LogP contribution in [0.2, 0.25) is 0 Å². The zero-order valence-corrected chi connectivity index (χ0v) is 7.83. The van der Waals surface area contributed by atoms with E-state index in [0.717, 1.165) is 5.70 Å². The molecular formula is C10H17N. The molecule has 0 fully saturated rings. The van der Waals surface area contributed by atoms with Crippen molar-refractivity contribution in [3.63, 3.8) is 0 Å². The van der Waals surface area contributed by atoms with Gasteiger partial charge < -0.3 is 0 Å². The first-order valence-electron chi connectivity index (χ1n) is 4.04. The fraction of sp³-hybridized carbons (Fsp3) is 0.500. The van der Waals surface area contributed by atoms with Crippen molar-refractivity contribution >= 4 is 6.21 Å². The maximum atomic E-state index is 4.25. The maximum absolute atomic E-state index is 4.25. The highest BCUT2D eigenvalue weighted by atomic mass is 14.7. The fourth-order valence-electron chi connectivity index (χ4n) is 0.728. The molecule has 11 heavy (non-hydrogen) atoms. The van der Waals surface area contributed by atoms with Crippen molar-refractivity contribution in [2.24, 2.45) is 10.9 Å². The van der Waals surface area contributed by atoms with E-state index in [-0.39, 0.29) is 0 Å². The monoisotopic (exact) mass is 151 g/mol. The molecule has 0 aromatic rings. The van der Waals surface area contributed by atoms with Crippen LogP contribution in [0.15, 0.2) is 28.9 Å². The molecule has 0 saturated heterocycles. The van der Waals surface area contributed by atoms with Gasteiger partial charge in [0.2, 0.25) is 0 Å². The lowest BCUT2D eigenvalue weighted by molar-refractivity contribution is 0.759. The lowest BCUT2D eigenvalue weighted by atomic mass is 10.1. The van der Waals surface area contributed by atoms with Gasteiger partial charge in [0.25, 0.3) is 0 Å². The van der Waals surface area contributed by atoms with Crippen molar-refractivity contribution in [3.8, 4) is 0 Å². The molecule has 1 heteroatoms. The molecule has 0 saturated carbocycles. The smallest absolute Gasteiger partial charge is 0.0424 e. The first-order valence-corrected chi connectivity index (χ1v) is 4.04. The molecule has 0 N–H and O–H groups in total. The van der Waals surface area contributed by atoms with Crippen LogP contribution >= 0.6 is 0 Å². The number of hydrogen-bond acceptors (Lipinski definition) is 1. The average molecular weight is 151 g/mol. The number of allylic oxidation sites excluding steroid dienone is 4. The summed E-state index contributed by atoms with van der Waals surface area (Å²) in [5.74, 6) is 0.502. The minimum Gasteiger partial charge on any atom is -0.266 e. The summed E-state index contributed by atoms with van der Waals surface area (Å²) >= 11 is 0. The Labute approximate surface area is 69.5 Å². The van der Waals surface area contributed by atoms with E-state index in [9.17, 15) is 0 Å². The van der Waals surface area contributed by atoms with Crippen LogP contribution in [0.5, 0.6) is 0 Å². The molecule has 0 amide bonds. The zero-order chi connectivity index (χ0) is 8.69. The van der Waals surface area contributed by atoms with Crippen LogP contribution in [0.3, 0.4) is 0 Å². The van der Waals surface area contributed by atoms with Crippen molar-refractivity contribution in [1.29, 1.82) is 0 Å². The summed E-state index contributed by atoms with van der Waals surface area (Å²) in [6.45, 7) is 8.22. The summed E-state index contributed by atoms with van der Waals surface area (Å²) in [5, 5.41) is 0. The highest BCUT2D eigenvalue weighted by molar-refractivity contribution is 5.55. The van der Waals surface area contributed by atoms with E-state index in [1.807, 2.05) is 38.3 Å². The third-order valence-electron chi connectivity index (χ3n) is 1.33. The van der Waals surface area contributed by atoms with Crippen molar-refractivity contribution < 1.29 is 0 Å². The summed E-state index contributed by atoms with van der Waals surface area (Å²) in [7, 11) is 0. The molecule has 0 aromatic carbocycles. The van der Waals surface area contributed by atoms with Gasteiger partial charge in [0.05, 0.1) is 0 Å². The summed E-state index contributed by atoms with van der Waals surface area (Å²) in [4.78, 5) is 4.25. The molecule has 0 aliphatic rings. The predicted octanol–water partition coefficient (Wildman–Crippen LogP) is 3.19. The van der Waals surface area contributed by atoms with Crippen molar-refractivity contribution in [2.75, 3.05) is 0 Å². The largest absolute Gasteiger partial charge is 0.266 e. The van der Waals surface area contributed by atoms with Gasteiger partial charge in [-0.2, -0.15) is 0 Å². The van der Waals surface area contributed by atoms with E-state index in [0.29, 0.717) is 5.92 Å². The third kappa shape index (κ3) is 4.54. The fourth-order valence-corrected chi connectivity index (χ4v) is 0.728. The normalized spacial score (nSPS) is 14.1. The molecule has 62 valence electrons. The molecule has 0 radical (unpaired) electrons. The maximum Gasteiger partial charge on any atom is 0.0424 e. The Hall–Kier alpha value is -0.850. The molecule has 0 spiro atoms. The topological polar surface area (TPSA) is 12.4 Å². The Balaban J connectivity index is 4.32. The summed E-state index contributed by atoms with van der Waals surface area (Å²) < 4.78 is 0. The van der Waals surface area contributed by atoms with Gasteiger partial charge in [0.15, 0.2) is 0 Å². The standard InChI is InChI=1S/C10H17N/c1-5-7-8-10(9(3)4)11-6-2/h5-9H,1-4H3/b7-5-,10-8-,11-6-. The van der Waals surface area contributed by atoms with Gasteiger partial charge in [0.1, 0.15) is 0 Å². The predicted molar refractivity (Wildman–Crippen MR) is 51.9 cm³/mol. The molecule has 0 aliphatic heterocycles. The van der Waals surface area contributed by atoms with E-state index in [1.54, 1.807) is 0 Å². The zero-order valence-electron chi connectivity index (χ0n) is 7.83. The Morgan fingerprint density at radius 1 is 1.27 bits per heavy atom. The molecule has 0 aromatic heterocycles. The highest BCUT2D eigenvalue weighted by Gasteiger charge is 1.96. The second-order valence-corrected chi connectivity index (χ2v) is 2.66. The van der Waals surface area contributed by atoms with Gasteiger partial charge in [-0.1, -0.05) is 26.0 Å². The molecule has 0 heterocycles. The van der Waals surface area contributed by atoms with E-state index in [4.69, 9.17) is 0 Å². The van der Waals surface area contributed by atoms with E-state index >= 15 is 0 Å². The van der Waals surface area contributed by atoms with Crippen LogP contribution in [0.25, 0.3) is 0 Å². The summed E-state index contributed by atoms with van der Waals surface area (Å²) in [5.41, 5.74) is 1.13. The molecule has 0 bridgehead atoms. The lowest BCUT2D eigenvalue weighted by Gasteiger charge is -2.02. The molecule has 0 atom stereocenters. The first kappa shape index (κ1) is 10.2. The lowest BCUT2D eigenvalue weighted by Crippen LogP contribution is -1.89. The number of hydrogen-bond donors (Lipinski definition) is 0. The van der Waals surface area contributed by atoms with Gasteiger partial charge in [0, 0.05) is 11.9 Å². The van der Waals surface area contributed by atoms with Crippen molar-refractivity contribution in [2.45, 2.75) is 27.7 Å². The number of aliphatic imine (C=N–C) groups is 1. The Kier molecular flexibility index (Phi) is 5.44. The van der Waals surface area contributed by atoms with Gasteiger partial charge in [-0.05, 0) is 25.8 Å². The van der Waals surface area contributed by atoms with Crippen LogP contribution in [0, 0.1) is 5.92 Å².